The van der Waals surface area contributed by atoms with Crippen LogP contribution in [0.5, 0.6) is 5.75 Å². The SMILES string of the molecule is CCC(C)(Pc1ccccc1/C=N/N1CCCCC1)c1cc(C)ccc1OCOC. The second kappa shape index (κ2) is 10.9. The third-order valence-electron chi connectivity index (χ3n) is 5.83. The molecule has 2 atom stereocenters. The van der Waals surface area contributed by atoms with Gasteiger partial charge in [-0.1, -0.05) is 64.4 Å². The van der Waals surface area contributed by atoms with E-state index >= 15 is 0 Å². The fourth-order valence-corrected chi connectivity index (χ4v) is 5.40. The van der Waals surface area contributed by atoms with Crippen LogP contribution in [0.25, 0.3) is 0 Å². The van der Waals surface area contributed by atoms with Gasteiger partial charge in [0.25, 0.3) is 0 Å². The molecule has 1 aliphatic heterocycles. The summed E-state index contributed by atoms with van der Waals surface area (Å²) in [5.74, 6) is 0.916. The van der Waals surface area contributed by atoms with Crippen molar-refractivity contribution in [1.29, 1.82) is 0 Å². The highest BCUT2D eigenvalue weighted by Crippen LogP contribution is 2.47. The summed E-state index contributed by atoms with van der Waals surface area (Å²) < 4.78 is 11.1. The van der Waals surface area contributed by atoms with E-state index in [0.29, 0.717) is 8.58 Å². The van der Waals surface area contributed by atoms with Crippen LogP contribution in [0.15, 0.2) is 47.6 Å². The van der Waals surface area contributed by atoms with Crippen LogP contribution in [0.2, 0.25) is 0 Å². The average Bonchev–Trinajstić information content (AvgIpc) is 2.78. The first-order valence-corrected chi connectivity index (χ1v) is 11.9. The lowest BCUT2D eigenvalue weighted by molar-refractivity contribution is 0.0500. The van der Waals surface area contributed by atoms with E-state index in [9.17, 15) is 0 Å². The molecule has 5 heteroatoms. The van der Waals surface area contributed by atoms with E-state index in [0.717, 1.165) is 25.3 Å². The van der Waals surface area contributed by atoms with E-state index in [4.69, 9.17) is 14.6 Å². The number of benzene rings is 2. The summed E-state index contributed by atoms with van der Waals surface area (Å²) in [5.41, 5.74) is 3.72. The van der Waals surface area contributed by atoms with E-state index in [1.807, 2.05) is 0 Å². The molecule has 0 aromatic heterocycles. The Morgan fingerprint density at radius 3 is 2.63 bits per heavy atom. The van der Waals surface area contributed by atoms with E-state index < -0.39 is 0 Å². The third kappa shape index (κ3) is 5.83. The molecule has 0 amide bonds. The van der Waals surface area contributed by atoms with E-state index in [1.54, 1.807) is 7.11 Å². The van der Waals surface area contributed by atoms with Gasteiger partial charge in [-0.15, -0.1) is 0 Å². The van der Waals surface area contributed by atoms with Crippen LogP contribution < -0.4 is 10.0 Å². The van der Waals surface area contributed by atoms with Crippen LogP contribution in [-0.4, -0.2) is 38.2 Å². The standard InChI is InChI=1S/C25H35N2O2P/c1-5-25(3,22-17-20(2)13-14-23(22)29-19-28-4)30-24-12-8-7-11-21(24)18-26-27-15-9-6-10-16-27/h7-8,11-14,17-18,30H,5-6,9-10,15-16,19H2,1-4H3/b26-18+. The van der Waals surface area contributed by atoms with Crippen molar-refractivity contribution < 1.29 is 9.47 Å². The van der Waals surface area contributed by atoms with E-state index in [-0.39, 0.29) is 11.9 Å². The van der Waals surface area contributed by atoms with Crippen LogP contribution in [0.1, 0.15) is 56.2 Å². The zero-order valence-corrected chi connectivity index (χ0v) is 19.8. The predicted molar refractivity (Wildman–Crippen MR) is 129 cm³/mol. The van der Waals surface area contributed by atoms with Crippen molar-refractivity contribution in [2.24, 2.45) is 5.10 Å². The van der Waals surface area contributed by atoms with Crippen molar-refractivity contribution in [3.8, 4) is 5.75 Å². The van der Waals surface area contributed by atoms with Crippen molar-refractivity contribution in [2.45, 2.75) is 51.6 Å². The van der Waals surface area contributed by atoms with Crippen molar-refractivity contribution in [3.05, 3.63) is 59.2 Å². The summed E-state index contributed by atoms with van der Waals surface area (Å²) in [6, 6.07) is 15.1. The number of methoxy groups -OCH3 is 1. The Bertz CT molecular complexity index is 849. The molecule has 0 N–H and O–H groups in total. The zero-order chi connectivity index (χ0) is 21.4. The number of ether oxygens (including phenoxy) is 2. The molecular formula is C25H35N2O2P. The molecule has 2 aromatic carbocycles. The number of hydrogen-bond donors (Lipinski definition) is 0. The van der Waals surface area contributed by atoms with Crippen molar-refractivity contribution in [3.63, 3.8) is 0 Å². The minimum Gasteiger partial charge on any atom is -0.467 e. The molecule has 2 unspecified atom stereocenters. The number of hydrazone groups is 1. The summed E-state index contributed by atoms with van der Waals surface area (Å²) in [6.07, 6.45) is 6.89. The molecular weight excluding hydrogens is 391 g/mol. The van der Waals surface area contributed by atoms with Crippen LogP contribution >= 0.6 is 8.58 Å². The summed E-state index contributed by atoms with van der Waals surface area (Å²) >= 11 is 0. The molecule has 0 spiro atoms. The second-order valence-corrected chi connectivity index (χ2v) is 10.1. The van der Waals surface area contributed by atoms with Gasteiger partial charge >= 0.3 is 0 Å². The first-order valence-electron chi connectivity index (χ1n) is 10.9. The third-order valence-corrected chi connectivity index (χ3v) is 7.73. The van der Waals surface area contributed by atoms with Crippen LogP contribution in [0, 0.1) is 6.92 Å². The lowest BCUT2D eigenvalue weighted by Crippen LogP contribution is -2.25. The fraction of sp³-hybridized carbons (Fsp3) is 0.480. The first-order chi connectivity index (χ1) is 14.6. The van der Waals surface area contributed by atoms with Crippen molar-refractivity contribution in [1.82, 2.24) is 5.01 Å². The van der Waals surface area contributed by atoms with Crippen molar-refractivity contribution in [2.75, 3.05) is 27.0 Å². The van der Waals surface area contributed by atoms with Gasteiger partial charge in [-0.25, -0.2) is 0 Å². The number of aryl methyl sites for hydroxylation is 1. The number of hydrogen-bond acceptors (Lipinski definition) is 4. The maximum Gasteiger partial charge on any atom is 0.188 e. The maximum atomic E-state index is 5.93. The van der Waals surface area contributed by atoms with Gasteiger partial charge in [0.1, 0.15) is 5.75 Å². The highest BCUT2D eigenvalue weighted by molar-refractivity contribution is 7.48. The number of rotatable bonds is 9. The highest BCUT2D eigenvalue weighted by atomic mass is 31.1. The molecule has 30 heavy (non-hydrogen) atoms. The molecule has 1 saturated heterocycles. The Morgan fingerprint density at radius 1 is 1.13 bits per heavy atom. The van der Waals surface area contributed by atoms with Gasteiger partial charge in [-0.3, -0.25) is 5.01 Å². The quantitative estimate of drug-likeness (QED) is 0.305. The Balaban J connectivity index is 1.88. The molecule has 2 aromatic rings. The second-order valence-electron chi connectivity index (χ2n) is 8.21. The molecule has 0 saturated carbocycles. The minimum absolute atomic E-state index is 0.0236. The molecule has 0 radical (unpaired) electrons. The maximum absolute atomic E-state index is 5.93. The van der Waals surface area contributed by atoms with Gasteiger partial charge in [-0.2, -0.15) is 5.10 Å². The van der Waals surface area contributed by atoms with Gasteiger partial charge in [0.2, 0.25) is 0 Å². The lowest BCUT2D eigenvalue weighted by atomic mass is 9.95. The molecule has 1 heterocycles. The molecule has 0 aliphatic carbocycles. The van der Waals surface area contributed by atoms with Crippen molar-refractivity contribution >= 4 is 20.1 Å². The van der Waals surface area contributed by atoms with Crippen LogP contribution in [0.3, 0.4) is 0 Å². The topological polar surface area (TPSA) is 34.1 Å². The van der Waals surface area contributed by atoms with Crippen LogP contribution in [0.4, 0.5) is 0 Å². The Hall–Kier alpha value is -1.90. The average molecular weight is 427 g/mol. The van der Waals surface area contributed by atoms with Gasteiger partial charge in [0, 0.05) is 36.5 Å². The van der Waals surface area contributed by atoms with Gasteiger partial charge < -0.3 is 9.47 Å². The largest absolute Gasteiger partial charge is 0.467 e. The van der Waals surface area contributed by atoms with E-state index in [1.165, 1.54) is 41.3 Å². The molecule has 1 fully saturated rings. The molecule has 1 aliphatic rings. The molecule has 4 nitrogen and oxygen atoms in total. The number of piperidine rings is 1. The monoisotopic (exact) mass is 426 g/mol. The van der Waals surface area contributed by atoms with Gasteiger partial charge in [0.15, 0.2) is 6.79 Å². The van der Waals surface area contributed by atoms with E-state index in [2.05, 4.69) is 74.5 Å². The molecule has 0 bridgehead atoms. The summed E-state index contributed by atoms with van der Waals surface area (Å²) in [5, 5.41) is 8.32. The minimum atomic E-state index is -0.0236. The Morgan fingerprint density at radius 2 is 1.90 bits per heavy atom. The van der Waals surface area contributed by atoms with Gasteiger partial charge in [-0.05, 0) is 44.0 Å². The predicted octanol–water partition coefficient (Wildman–Crippen LogP) is 5.43. The van der Waals surface area contributed by atoms with Gasteiger partial charge in [0.05, 0.1) is 6.21 Å². The molecule has 162 valence electrons. The number of nitrogens with zero attached hydrogens (tertiary/aromatic N) is 2. The highest BCUT2D eigenvalue weighted by Gasteiger charge is 2.29. The molecule has 3 rings (SSSR count). The van der Waals surface area contributed by atoms with Crippen LogP contribution in [-0.2, 0) is 9.89 Å². The Labute approximate surface area is 183 Å². The first kappa shape index (κ1) is 22.8. The fourth-order valence-electron chi connectivity index (χ4n) is 3.83. The summed E-state index contributed by atoms with van der Waals surface area (Å²) in [6.45, 7) is 9.15. The smallest absolute Gasteiger partial charge is 0.188 e. The summed E-state index contributed by atoms with van der Waals surface area (Å²) in [7, 11) is 2.27. The zero-order valence-electron chi connectivity index (χ0n) is 18.8. The lowest BCUT2D eigenvalue weighted by Gasteiger charge is -2.32. The summed E-state index contributed by atoms with van der Waals surface area (Å²) in [4.78, 5) is 0. The Kier molecular flexibility index (Phi) is 8.30. The normalized spacial score (nSPS) is 17.0.